The van der Waals surface area contributed by atoms with Crippen LogP contribution in [0.25, 0.3) is 0 Å². The first-order chi connectivity index (χ1) is 8.83. The monoisotopic (exact) mass is 269 g/mol. The molecule has 1 atom stereocenters. The largest absolute Gasteiger partial charge is 0.338 e. The molecular weight excluding hydrogens is 246 g/mol. The van der Waals surface area contributed by atoms with E-state index in [4.69, 9.17) is 4.52 Å². The zero-order valence-corrected chi connectivity index (χ0v) is 12.1. The molecule has 1 N–H and O–H groups in total. The number of rotatable bonds is 6. The molecule has 1 aliphatic carbocycles. The van der Waals surface area contributed by atoms with Crippen molar-refractivity contribution in [1.29, 1.82) is 0 Å². The lowest BCUT2D eigenvalue weighted by atomic mass is 10.0. The minimum absolute atomic E-state index is 0.186. The first-order valence-electron chi connectivity index (χ1n) is 6.94. The maximum Gasteiger partial charge on any atom is 0.243 e. The third-order valence-corrected chi connectivity index (χ3v) is 4.91. The Bertz CT molecular complexity index is 346. The second kappa shape index (κ2) is 7.14. The Morgan fingerprint density at radius 1 is 1.39 bits per heavy atom. The Morgan fingerprint density at radius 3 is 2.83 bits per heavy atom. The molecule has 0 aromatic carbocycles. The number of hydrogen-bond donors (Lipinski definition) is 1. The zero-order chi connectivity index (χ0) is 12.8. The van der Waals surface area contributed by atoms with Gasteiger partial charge in [-0.05, 0) is 26.3 Å². The highest BCUT2D eigenvalue weighted by Crippen LogP contribution is 2.30. The summed E-state index contributed by atoms with van der Waals surface area (Å²) in [5.74, 6) is 2.45. The van der Waals surface area contributed by atoms with Crippen LogP contribution in [0.5, 0.6) is 0 Å². The molecule has 2 rings (SSSR count). The SMILES string of the molecule is CCC(NC)c1nc(CSC2CCCCC2)no1. The molecule has 1 aromatic rings. The van der Waals surface area contributed by atoms with E-state index in [-0.39, 0.29) is 6.04 Å². The van der Waals surface area contributed by atoms with Crippen LogP contribution in [0.4, 0.5) is 0 Å². The molecule has 0 saturated heterocycles. The van der Waals surface area contributed by atoms with Crippen LogP contribution in [-0.4, -0.2) is 22.4 Å². The lowest BCUT2D eigenvalue weighted by Gasteiger charge is -2.20. The minimum Gasteiger partial charge on any atom is -0.338 e. The Kier molecular flexibility index (Phi) is 5.50. The third-order valence-electron chi connectivity index (χ3n) is 3.54. The van der Waals surface area contributed by atoms with Crippen molar-refractivity contribution in [2.75, 3.05) is 7.05 Å². The van der Waals surface area contributed by atoms with Gasteiger partial charge in [0.1, 0.15) is 0 Å². The summed E-state index contributed by atoms with van der Waals surface area (Å²) in [6.45, 7) is 2.11. The molecule has 102 valence electrons. The smallest absolute Gasteiger partial charge is 0.243 e. The van der Waals surface area contributed by atoms with E-state index in [1.165, 1.54) is 32.1 Å². The average molecular weight is 269 g/mol. The Hall–Kier alpha value is -0.550. The lowest BCUT2D eigenvalue weighted by Crippen LogP contribution is -2.15. The van der Waals surface area contributed by atoms with Gasteiger partial charge in [0.15, 0.2) is 5.82 Å². The summed E-state index contributed by atoms with van der Waals surface area (Å²) < 4.78 is 5.31. The van der Waals surface area contributed by atoms with E-state index in [9.17, 15) is 0 Å². The first-order valence-corrected chi connectivity index (χ1v) is 7.99. The predicted octanol–water partition coefficient (Wildman–Crippen LogP) is 3.31. The van der Waals surface area contributed by atoms with Gasteiger partial charge in [-0.15, -0.1) is 0 Å². The van der Waals surface area contributed by atoms with Crippen molar-refractivity contribution in [1.82, 2.24) is 15.5 Å². The van der Waals surface area contributed by atoms with E-state index in [0.717, 1.165) is 29.1 Å². The number of aromatic nitrogens is 2. The van der Waals surface area contributed by atoms with Crippen molar-refractivity contribution in [2.45, 2.75) is 62.5 Å². The molecule has 1 aromatic heterocycles. The lowest BCUT2D eigenvalue weighted by molar-refractivity contribution is 0.332. The number of hydrogen-bond acceptors (Lipinski definition) is 5. The number of nitrogens with zero attached hydrogens (tertiary/aromatic N) is 2. The van der Waals surface area contributed by atoms with Crippen LogP contribution < -0.4 is 5.32 Å². The van der Waals surface area contributed by atoms with Gasteiger partial charge in [0.25, 0.3) is 0 Å². The van der Waals surface area contributed by atoms with Crippen molar-refractivity contribution in [2.24, 2.45) is 0 Å². The van der Waals surface area contributed by atoms with Crippen molar-refractivity contribution < 1.29 is 4.52 Å². The van der Waals surface area contributed by atoms with Crippen molar-refractivity contribution >= 4 is 11.8 Å². The molecule has 4 nitrogen and oxygen atoms in total. The molecule has 1 aliphatic rings. The summed E-state index contributed by atoms with van der Waals surface area (Å²) in [4.78, 5) is 4.48. The van der Waals surface area contributed by atoms with Crippen LogP contribution in [0.2, 0.25) is 0 Å². The summed E-state index contributed by atoms with van der Waals surface area (Å²) in [6.07, 6.45) is 7.84. The van der Waals surface area contributed by atoms with Crippen LogP contribution in [0.1, 0.15) is 63.2 Å². The molecular formula is C13H23N3OS. The van der Waals surface area contributed by atoms with Crippen LogP contribution in [-0.2, 0) is 5.75 Å². The zero-order valence-electron chi connectivity index (χ0n) is 11.3. The van der Waals surface area contributed by atoms with Gasteiger partial charge in [0.2, 0.25) is 5.89 Å². The van der Waals surface area contributed by atoms with Gasteiger partial charge in [0.05, 0.1) is 11.8 Å². The Labute approximate surface area is 113 Å². The maximum atomic E-state index is 5.31. The van der Waals surface area contributed by atoms with Crippen molar-refractivity contribution in [3.05, 3.63) is 11.7 Å². The van der Waals surface area contributed by atoms with E-state index >= 15 is 0 Å². The normalized spacial score (nSPS) is 19.0. The van der Waals surface area contributed by atoms with Crippen LogP contribution >= 0.6 is 11.8 Å². The number of nitrogens with one attached hydrogen (secondary N) is 1. The van der Waals surface area contributed by atoms with Crippen LogP contribution in [0.3, 0.4) is 0 Å². The van der Waals surface area contributed by atoms with Crippen molar-refractivity contribution in [3.63, 3.8) is 0 Å². The van der Waals surface area contributed by atoms with Gasteiger partial charge in [0, 0.05) is 5.25 Å². The van der Waals surface area contributed by atoms with Crippen molar-refractivity contribution in [3.8, 4) is 0 Å². The van der Waals surface area contributed by atoms with Gasteiger partial charge < -0.3 is 9.84 Å². The summed E-state index contributed by atoms with van der Waals surface area (Å²) in [5.41, 5.74) is 0. The standard InChI is InChI=1S/C13H23N3OS/c1-3-11(14-2)13-15-12(16-17-13)9-18-10-7-5-4-6-8-10/h10-11,14H,3-9H2,1-2H3. The maximum absolute atomic E-state index is 5.31. The third kappa shape index (κ3) is 3.72. The van der Waals surface area contributed by atoms with E-state index < -0.39 is 0 Å². The Morgan fingerprint density at radius 2 is 2.17 bits per heavy atom. The van der Waals surface area contributed by atoms with E-state index in [1.54, 1.807) is 0 Å². The van der Waals surface area contributed by atoms with E-state index in [2.05, 4.69) is 22.4 Å². The quantitative estimate of drug-likeness (QED) is 0.858. The molecule has 0 radical (unpaired) electrons. The molecule has 1 heterocycles. The summed E-state index contributed by atoms with van der Waals surface area (Å²) in [7, 11) is 1.93. The first kappa shape index (κ1) is 13.9. The van der Waals surface area contributed by atoms with Gasteiger partial charge in [-0.3, -0.25) is 0 Å². The van der Waals surface area contributed by atoms with Gasteiger partial charge in [-0.2, -0.15) is 16.7 Å². The minimum atomic E-state index is 0.186. The highest BCUT2D eigenvalue weighted by molar-refractivity contribution is 7.99. The molecule has 5 heteroatoms. The molecule has 1 unspecified atom stereocenters. The van der Waals surface area contributed by atoms with Crippen LogP contribution in [0, 0.1) is 0 Å². The van der Waals surface area contributed by atoms with Gasteiger partial charge in [-0.1, -0.05) is 31.3 Å². The summed E-state index contributed by atoms with van der Waals surface area (Å²) >= 11 is 1.99. The molecule has 0 aliphatic heterocycles. The second-order valence-electron chi connectivity index (χ2n) is 4.87. The van der Waals surface area contributed by atoms with Gasteiger partial charge in [-0.25, -0.2) is 0 Å². The molecule has 18 heavy (non-hydrogen) atoms. The fourth-order valence-electron chi connectivity index (χ4n) is 2.39. The average Bonchev–Trinajstić information content (AvgIpc) is 2.88. The molecule has 0 amide bonds. The van der Waals surface area contributed by atoms with E-state index in [1.807, 2.05) is 18.8 Å². The fraction of sp³-hybridized carbons (Fsp3) is 0.846. The highest BCUT2D eigenvalue weighted by Gasteiger charge is 2.17. The highest BCUT2D eigenvalue weighted by atomic mass is 32.2. The van der Waals surface area contributed by atoms with E-state index in [0.29, 0.717) is 0 Å². The molecule has 0 bridgehead atoms. The molecule has 1 saturated carbocycles. The van der Waals surface area contributed by atoms with Gasteiger partial charge >= 0.3 is 0 Å². The second-order valence-corrected chi connectivity index (χ2v) is 6.16. The molecule has 1 fully saturated rings. The molecule has 0 spiro atoms. The van der Waals surface area contributed by atoms with Crippen LogP contribution in [0.15, 0.2) is 4.52 Å². The topological polar surface area (TPSA) is 51.0 Å². The fourth-order valence-corrected chi connectivity index (χ4v) is 3.56. The summed E-state index contributed by atoms with van der Waals surface area (Å²) in [5, 5.41) is 8.05. The number of thioether (sulfide) groups is 1. The summed E-state index contributed by atoms with van der Waals surface area (Å²) in [6, 6.07) is 0.186. The Balaban J connectivity index is 1.82. The predicted molar refractivity (Wildman–Crippen MR) is 74.6 cm³/mol.